The summed E-state index contributed by atoms with van der Waals surface area (Å²) in [5, 5.41) is 3.03. The number of esters is 1. The average Bonchev–Trinajstić information content (AvgIpc) is 3.26. The first kappa shape index (κ1) is 20.6. The molecule has 2 aromatic rings. The largest absolute Gasteiger partial charge is 0.466 e. The molecule has 7 nitrogen and oxygen atoms in total. The maximum atomic E-state index is 14.4. The van der Waals surface area contributed by atoms with Crippen LogP contribution >= 0.6 is 12.2 Å². The van der Waals surface area contributed by atoms with Crippen molar-refractivity contribution >= 4 is 46.4 Å². The summed E-state index contributed by atoms with van der Waals surface area (Å²) in [5.41, 5.74) is -1.64. The standard InChI is InChI=1S/C23H20FN3O4S/c1-4-31-18(28)17-22(13-7-5-6-8-15(13)26(2)20(22)29)19(32)25-23(17)14-11-12(24)9-10-16(14)27(3)21(23)30/h5-11,17H,4H2,1-3H3,(H,25,32)/t17-,22-,23-/m0/s1. The molecule has 32 heavy (non-hydrogen) atoms. The molecule has 164 valence electrons. The van der Waals surface area contributed by atoms with Crippen molar-refractivity contribution in [2.45, 2.75) is 17.9 Å². The van der Waals surface area contributed by atoms with Crippen LogP contribution in [-0.2, 0) is 30.1 Å². The van der Waals surface area contributed by atoms with E-state index < -0.39 is 40.5 Å². The summed E-state index contributed by atoms with van der Waals surface area (Å²) in [4.78, 5) is 44.0. The molecule has 1 N–H and O–H groups in total. The maximum Gasteiger partial charge on any atom is 0.314 e. The van der Waals surface area contributed by atoms with Gasteiger partial charge >= 0.3 is 5.97 Å². The zero-order chi connectivity index (χ0) is 23.0. The van der Waals surface area contributed by atoms with Gasteiger partial charge < -0.3 is 19.9 Å². The normalized spacial score (nSPS) is 27.9. The second-order valence-electron chi connectivity index (χ2n) is 8.16. The van der Waals surface area contributed by atoms with Crippen LogP contribution in [0.15, 0.2) is 42.5 Å². The lowest BCUT2D eigenvalue weighted by Crippen LogP contribution is -2.56. The van der Waals surface area contributed by atoms with Crippen LogP contribution in [-0.4, -0.2) is 43.5 Å². The van der Waals surface area contributed by atoms with E-state index in [1.165, 1.54) is 28.0 Å². The Morgan fingerprint density at radius 1 is 1.09 bits per heavy atom. The first-order chi connectivity index (χ1) is 15.2. The van der Waals surface area contributed by atoms with E-state index in [9.17, 15) is 18.8 Å². The highest BCUT2D eigenvalue weighted by molar-refractivity contribution is 7.80. The Labute approximate surface area is 189 Å². The van der Waals surface area contributed by atoms with Gasteiger partial charge in [0.25, 0.3) is 5.91 Å². The highest BCUT2D eigenvalue weighted by atomic mass is 32.1. The third-order valence-corrected chi connectivity index (χ3v) is 7.20. The number of nitrogens with zero attached hydrogens (tertiary/aromatic N) is 2. The summed E-state index contributed by atoms with van der Waals surface area (Å²) in [6, 6.07) is 11.0. The molecule has 2 amide bonds. The molecule has 2 spiro atoms. The quantitative estimate of drug-likeness (QED) is 0.554. The van der Waals surface area contributed by atoms with Gasteiger partial charge in [-0.15, -0.1) is 0 Å². The molecule has 0 aliphatic carbocycles. The van der Waals surface area contributed by atoms with Gasteiger partial charge in [0.05, 0.1) is 11.6 Å². The van der Waals surface area contributed by atoms with E-state index in [-0.39, 0.29) is 17.2 Å². The molecule has 0 unspecified atom stereocenters. The number of likely N-dealkylation sites (N-methyl/N-ethyl adjacent to an activating group) is 2. The van der Waals surface area contributed by atoms with Gasteiger partial charge in [-0.2, -0.15) is 0 Å². The van der Waals surface area contributed by atoms with E-state index in [0.717, 1.165) is 0 Å². The molecule has 9 heteroatoms. The topological polar surface area (TPSA) is 79.0 Å². The Morgan fingerprint density at radius 2 is 1.75 bits per heavy atom. The summed E-state index contributed by atoms with van der Waals surface area (Å²) >= 11 is 5.71. The van der Waals surface area contributed by atoms with Crippen LogP contribution in [0.5, 0.6) is 0 Å². The van der Waals surface area contributed by atoms with Gasteiger partial charge in [0.15, 0.2) is 5.54 Å². The first-order valence-electron chi connectivity index (χ1n) is 10.2. The van der Waals surface area contributed by atoms with E-state index >= 15 is 0 Å². The smallest absolute Gasteiger partial charge is 0.314 e. The molecule has 0 saturated carbocycles. The van der Waals surface area contributed by atoms with Crippen molar-refractivity contribution in [3.05, 3.63) is 59.4 Å². The zero-order valence-electron chi connectivity index (χ0n) is 17.6. The molecular weight excluding hydrogens is 433 g/mol. The predicted octanol–water partition coefficient (Wildman–Crippen LogP) is 2.02. The lowest BCUT2D eigenvalue weighted by molar-refractivity contribution is -0.156. The van der Waals surface area contributed by atoms with Gasteiger partial charge in [0, 0.05) is 31.0 Å². The number of thiocarbonyl (C=S) groups is 1. The number of carbonyl (C=O) groups excluding carboxylic acids is 3. The molecule has 1 saturated heterocycles. The number of carbonyl (C=O) groups is 3. The van der Waals surface area contributed by atoms with E-state index in [1.54, 1.807) is 45.3 Å². The van der Waals surface area contributed by atoms with Crippen LogP contribution in [0, 0.1) is 11.7 Å². The van der Waals surface area contributed by atoms with Gasteiger partial charge in [-0.3, -0.25) is 14.4 Å². The van der Waals surface area contributed by atoms with Crippen molar-refractivity contribution in [2.24, 2.45) is 5.92 Å². The molecule has 3 heterocycles. The number of anilines is 2. The van der Waals surface area contributed by atoms with Gasteiger partial charge in [-0.05, 0) is 36.8 Å². The molecule has 1 fully saturated rings. The number of hydrogen-bond acceptors (Lipinski definition) is 5. The first-order valence-corrected chi connectivity index (χ1v) is 10.6. The number of ether oxygens (including phenoxy) is 1. The number of amides is 2. The van der Waals surface area contributed by atoms with Crippen molar-refractivity contribution < 1.29 is 23.5 Å². The predicted molar refractivity (Wildman–Crippen MR) is 119 cm³/mol. The van der Waals surface area contributed by atoms with Crippen LogP contribution in [0.2, 0.25) is 0 Å². The van der Waals surface area contributed by atoms with Gasteiger partial charge in [0.1, 0.15) is 17.2 Å². The fourth-order valence-corrected chi connectivity index (χ4v) is 5.95. The summed E-state index contributed by atoms with van der Waals surface area (Å²) in [6.07, 6.45) is 0. The molecule has 2 aromatic carbocycles. The van der Waals surface area contributed by atoms with Crippen LogP contribution < -0.4 is 15.1 Å². The number of nitrogens with one attached hydrogen (secondary N) is 1. The van der Waals surface area contributed by atoms with Crippen molar-refractivity contribution in [1.29, 1.82) is 0 Å². The SMILES string of the molecule is CCOC(=O)[C@H]1[C@]2(C(=O)N(C)c3ccccc32)C(=S)N[C@]12C(=O)N(C)c1ccc(F)cc12. The summed E-state index contributed by atoms with van der Waals surface area (Å²) in [6.45, 7) is 1.69. The summed E-state index contributed by atoms with van der Waals surface area (Å²) in [7, 11) is 3.14. The number of para-hydroxylation sites is 1. The van der Waals surface area contributed by atoms with Gasteiger partial charge in [-0.1, -0.05) is 30.4 Å². The van der Waals surface area contributed by atoms with E-state index in [2.05, 4.69) is 5.32 Å². The number of benzene rings is 2. The van der Waals surface area contributed by atoms with Gasteiger partial charge in [-0.25, -0.2) is 4.39 Å². The Morgan fingerprint density at radius 3 is 2.47 bits per heavy atom. The van der Waals surface area contributed by atoms with Crippen LogP contribution in [0.4, 0.5) is 15.8 Å². The minimum Gasteiger partial charge on any atom is -0.466 e. The Balaban J connectivity index is 1.87. The second kappa shape index (κ2) is 6.59. The van der Waals surface area contributed by atoms with Crippen molar-refractivity contribution in [3.63, 3.8) is 0 Å². The molecule has 0 aromatic heterocycles. The fraction of sp³-hybridized carbons (Fsp3) is 0.304. The molecule has 3 aliphatic heterocycles. The van der Waals surface area contributed by atoms with Gasteiger partial charge in [0.2, 0.25) is 5.91 Å². The molecular formula is C23H20FN3O4S. The molecule has 0 bridgehead atoms. The fourth-order valence-electron chi connectivity index (χ4n) is 5.48. The molecule has 3 aliphatic rings. The lowest BCUT2D eigenvalue weighted by Gasteiger charge is -2.33. The van der Waals surface area contributed by atoms with E-state index in [0.29, 0.717) is 16.9 Å². The Hall–Kier alpha value is -3.33. The summed E-state index contributed by atoms with van der Waals surface area (Å²) in [5.74, 6) is -3.63. The monoisotopic (exact) mass is 453 g/mol. The number of fused-ring (bicyclic) bond motifs is 4. The highest BCUT2D eigenvalue weighted by Crippen LogP contribution is 2.59. The molecule has 3 atom stereocenters. The highest BCUT2D eigenvalue weighted by Gasteiger charge is 2.76. The van der Waals surface area contributed by atoms with E-state index in [1.807, 2.05) is 0 Å². The van der Waals surface area contributed by atoms with Crippen LogP contribution in [0.3, 0.4) is 0 Å². The number of halogens is 1. The van der Waals surface area contributed by atoms with Crippen molar-refractivity contribution in [3.8, 4) is 0 Å². The number of hydrogen-bond donors (Lipinski definition) is 1. The Kier molecular flexibility index (Phi) is 4.23. The third-order valence-electron chi connectivity index (χ3n) is 6.78. The average molecular weight is 453 g/mol. The maximum absolute atomic E-state index is 14.4. The second-order valence-corrected chi connectivity index (χ2v) is 8.57. The Bertz CT molecular complexity index is 1230. The summed E-state index contributed by atoms with van der Waals surface area (Å²) < 4.78 is 19.8. The molecule has 5 rings (SSSR count). The molecule has 0 radical (unpaired) electrons. The van der Waals surface area contributed by atoms with E-state index in [4.69, 9.17) is 17.0 Å². The minimum atomic E-state index is -1.77. The number of rotatable bonds is 2. The van der Waals surface area contributed by atoms with Crippen LogP contribution in [0.25, 0.3) is 0 Å². The lowest BCUT2D eigenvalue weighted by atomic mass is 9.65. The minimum absolute atomic E-state index is 0.0382. The van der Waals surface area contributed by atoms with Crippen LogP contribution in [0.1, 0.15) is 18.1 Å². The third kappa shape index (κ3) is 2.14. The van der Waals surface area contributed by atoms with Crippen molar-refractivity contribution in [1.82, 2.24) is 5.32 Å². The zero-order valence-corrected chi connectivity index (χ0v) is 18.5. The van der Waals surface area contributed by atoms with Crippen molar-refractivity contribution in [2.75, 3.05) is 30.5 Å².